The van der Waals surface area contributed by atoms with Crippen LogP contribution in [0, 0.1) is 0 Å². The van der Waals surface area contributed by atoms with Gasteiger partial charge in [0.25, 0.3) is 0 Å². The van der Waals surface area contributed by atoms with E-state index in [4.69, 9.17) is 14.2 Å². The maximum atomic E-state index is 12.7. The lowest BCUT2D eigenvalue weighted by Crippen LogP contribution is -2.52. The number of rotatable bonds is 4. The average Bonchev–Trinajstić information content (AvgIpc) is 2.77. The van der Waals surface area contributed by atoms with Gasteiger partial charge in [0.15, 0.2) is 5.78 Å². The lowest BCUT2D eigenvalue weighted by Gasteiger charge is -2.43. The minimum Gasteiger partial charge on any atom is -0.497 e. The van der Waals surface area contributed by atoms with E-state index < -0.39 is 5.60 Å². The number of ether oxygens (including phenoxy) is 3. The fourth-order valence-electron chi connectivity index (χ4n) is 4.08. The van der Waals surface area contributed by atoms with Crippen molar-refractivity contribution in [2.45, 2.75) is 24.9 Å². The molecule has 30 heavy (non-hydrogen) atoms. The van der Waals surface area contributed by atoms with Crippen molar-refractivity contribution in [1.82, 2.24) is 4.90 Å². The Kier molecular flexibility index (Phi) is 5.48. The number of likely N-dealkylation sites (tertiary alicyclic amines) is 1. The molecular weight excluding hydrogens is 382 g/mol. The number of carbonyl (C=O) groups excluding carboxylic acids is 2. The first-order valence-electron chi connectivity index (χ1n) is 10.0. The van der Waals surface area contributed by atoms with Crippen LogP contribution in [0.2, 0.25) is 0 Å². The second-order valence-electron chi connectivity index (χ2n) is 7.65. The van der Waals surface area contributed by atoms with Crippen molar-refractivity contribution in [2.24, 2.45) is 0 Å². The summed E-state index contributed by atoms with van der Waals surface area (Å²) >= 11 is 0. The van der Waals surface area contributed by atoms with Crippen LogP contribution in [0.5, 0.6) is 17.2 Å². The van der Waals surface area contributed by atoms with E-state index in [9.17, 15) is 9.59 Å². The van der Waals surface area contributed by atoms with Gasteiger partial charge in [-0.15, -0.1) is 0 Å². The molecule has 2 aromatic rings. The van der Waals surface area contributed by atoms with E-state index in [1.807, 2.05) is 30.3 Å². The fraction of sp³-hybridized carbons (Fsp3) is 0.333. The molecule has 6 heteroatoms. The lowest BCUT2D eigenvalue weighted by atomic mass is 9.82. The monoisotopic (exact) mass is 407 g/mol. The molecule has 0 N–H and O–H groups in total. The van der Waals surface area contributed by atoms with Crippen LogP contribution in [0.1, 0.15) is 35.2 Å². The standard InChI is InChI=1S/C24H25NO5/c1-28-18-9-7-17(22(15-18)29-2)8-10-23(27)25-13-11-24(12-14-25)16-20(26)19-5-3-4-6-21(19)30-24/h3-10,15H,11-14,16H2,1-2H3/b10-8+. The average molecular weight is 407 g/mol. The van der Waals surface area contributed by atoms with E-state index in [1.165, 1.54) is 0 Å². The van der Waals surface area contributed by atoms with E-state index in [2.05, 4.69) is 0 Å². The molecule has 4 rings (SSSR count). The van der Waals surface area contributed by atoms with Gasteiger partial charge < -0.3 is 19.1 Å². The van der Waals surface area contributed by atoms with Crippen molar-refractivity contribution in [3.05, 3.63) is 59.7 Å². The first-order valence-corrected chi connectivity index (χ1v) is 10.0. The molecule has 2 aromatic carbocycles. The zero-order valence-corrected chi connectivity index (χ0v) is 17.2. The SMILES string of the molecule is COc1ccc(/C=C/C(=O)N2CCC3(CC2)CC(=O)c2ccccc2O3)c(OC)c1. The number of ketones is 1. The van der Waals surface area contributed by atoms with Gasteiger partial charge in [-0.2, -0.15) is 0 Å². The van der Waals surface area contributed by atoms with Crippen LogP contribution in [0.15, 0.2) is 48.5 Å². The maximum Gasteiger partial charge on any atom is 0.246 e. The largest absolute Gasteiger partial charge is 0.497 e. The van der Waals surface area contributed by atoms with Gasteiger partial charge in [0.2, 0.25) is 5.91 Å². The molecule has 1 spiro atoms. The van der Waals surface area contributed by atoms with Crippen molar-refractivity contribution in [3.8, 4) is 17.2 Å². The van der Waals surface area contributed by atoms with Crippen LogP contribution in [0.4, 0.5) is 0 Å². The van der Waals surface area contributed by atoms with E-state index in [1.54, 1.807) is 43.4 Å². The van der Waals surface area contributed by atoms with Gasteiger partial charge in [-0.25, -0.2) is 0 Å². The van der Waals surface area contributed by atoms with Gasteiger partial charge >= 0.3 is 0 Å². The van der Waals surface area contributed by atoms with Crippen LogP contribution >= 0.6 is 0 Å². The van der Waals surface area contributed by atoms with Crippen LogP contribution in [0.3, 0.4) is 0 Å². The predicted octanol–water partition coefficient (Wildman–Crippen LogP) is 3.74. The normalized spacial score (nSPS) is 17.5. The molecular formula is C24H25NO5. The molecule has 1 fully saturated rings. The van der Waals surface area contributed by atoms with Crippen molar-refractivity contribution >= 4 is 17.8 Å². The van der Waals surface area contributed by atoms with Gasteiger partial charge in [0, 0.05) is 43.6 Å². The number of piperidine rings is 1. The molecule has 0 bridgehead atoms. The molecule has 2 aliphatic heterocycles. The Morgan fingerprint density at radius 1 is 1.10 bits per heavy atom. The summed E-state index contributed by atoms with van der Waals surface area (Å²) in [7, 11) is 3.18. The van der Waals surface area contributed by atoms with Crippen LogP contribution in [-0.2, 0) is 4.79 Å². The lowest BCUT2D eigenvalue weighted by molar-refractivity contribution is -0.129. The van der Waals surface area contributed by atoms with E-state index >= 15 is 0 Å². The molecule has 1 saturated heterocycles. The molecule has 156 valence electrons. The Morgan fingerprint density at radius 3 is 2.60 bits per heavy atom. The van der Waals surface area contributed by atoms with Crippen molar-refractivity contribution in [2.75, 3.05) is 27.3 Å². The number of hydrogen-bond donors (Lipinski definition) is 0. The second-order valence-corrected chi connectivity index (χ2v) is 7.65. The number of fused-ring (bicyclic) bond motifs is 1. The molecule has 0 saturated carbocycles. The maximum absolute atomic E-state index is 12.7. The highest BCUT2D eigenvalue weighted by molar-refractivity contribution is 6.00. The smallest absolute Gasteiger partial charge is 0.246 e. The Morgan fingerprint density at radius 2 is 1.87 bits per heavy atom. The molecule has 0 aromatic heterocycles. The van der Waals surface area contributed by atoms with Crippen molar-refractivity contribution in [3.63, 3.8) is 0 Å². The Hall–Kier alpha value is -3.28. The summed E-state index contributed by atoms with van der Waals surface area (Å²) in [6, 6.07) is 12.8. The molecule has 2 aliphatic rings. The number of methoxy groups -OCH3 is 2. The highest BCUT2D eigenvalue weighted by atomic mass is 16.5. The van der Waals surface area contributed by atoms with Crippen molar-refractivity contribution in [1.29, 1.82) is 0 Å². The Labute approximate surface area is 176 Å². The zero-order chi connectivity index (χ0) is 21.1. The number of amides is 1. The zero-order valence-electron chi connectivity index (χ0n) is 17.2. The summed E-state index contributed by atoms with van der Waals surface area (Å²) in [5, 5.41) is 0. The highest BCUT2D eigenvalue weighted by Gasteiger charge is 2.43. The van der Waals surface area contributed by atoms with Crippen molar-refractivity contribution < 1.29 is 23.8 Å². The topological polar surface area (TPSA) is 65.1 Å². The fourth-order valence-corrected chi connectivity index (χ4v) is 4.08. The molecule has 0 unspecified atom stereocenters. The van der Waals surface area contributed by atoms with E-state index in [0.717, 1.165) is 5.56 Å². The predicted molar refractivity (Wildman–Crippen MR) is 113 cm³/mol. The summed E-state index contributed by atoms with van der Waals surface area (Å²) in [5.41, 5.74) is 0.946. The third-order valence-electron chi connectivity index (χ3n) is 5.83. The number of para-hydroxylation sites is 1. The number of carbonyl (C=O) groups is 2. The highest BCUT2D eigenvalue weighted by Crippen LogP contribution is 2.39. The number of nitrogens with zero attached hydrogens (tertiary/aromatic N) is 1. The Bertz CT molecular complexity index is 989. The van der Waals surface area contributed by atoms with Gasteiger partial charge in [-0.1, -0.05) is 12.1 Å². The second kappa shape index (κ2) is 8.22. The molecule has 6 nitrogen and oxygen atoms in total. The molecule has 0 aliphatic carbocycles. The van der Waals surface area contributed by atoms with Crippen LogP contribution in [-0.4, -0.2) is 49.5 Å². The minimum absolute atomic E-state index is 0.0646. The summed E-state index contributed by atoms with van der Waals surface area (Å²) in [6.07, 6.45) is 4.95. The molecule has 0 radical (unpaired) electrons. The summed E-state index contributed by atoms with van der Waals surface area (Å²) in [6.45, 7) is 1.11. The van der Waals surface area contributed by atoms with Crippen LogP contribution in [0.25, 0.3) is 6.08 Å². The van der Waals surface area contributed by atoms with Crippen LogP contribution < -0.4 is 14.2 Å². The van der Waals surface area contributed by atoms with E-state index in [0.29, 0.717) is 55.2 Å². The summed E-state index contributed by atoms with van der Waals surface area (Å²) in [4.78, 5) is 27.0. The summed E-state index contributed by atoms with van der Waals surface area (Å²) < 4.78 is 16.8. The quantitative estimate of drug-likeness (QED) is 0.723. The van der Waals surface area contributed by atoms with Gasteiger partial charge in [-0.3, -0.25) is 9.59 Å². The molecule has 2 heterocycles. The minimum atomic E-state index is -0.509. The van der Waals surface area contributed by atoms with Gasteiger partial charge in [-0.05, 0) is 30.3 Å². The third-order valence-corrected chi connectivity index (χ3v) is 5.83. The first-order chi connectivity index (χ1) is 14.5. The van der Waals surface area contributed by atoms with E-state index in [-0.39, 0.29) is 11.7 Å². The van der Waals surface area contributed by atoms with Gasteiger partial charge in [0.1, 0.15) is 22.8 Å². The van der Waals surface area contributed by atoms with Gasteiger partial charge in [0.05, 0.1) is 26.2 Å². The first kappa shape index (κ1) is 20.0. The summed E-state index contributed by atoms with van der Waals surface area (Å²) in [5.74, 6) is 2.04. The number of hydrogen-bond acceptors (Lipinski definition) is 5. The number of Topliss-reactive ketones (excluding diaryl/α,β-unsaturated/α-hetero) is 1. The molecule has 0 atom stereocenters. The molecule has 1 amide bonds. The third kappa shape index (κ3) is 3.90. The Balaban J connectivity index is 1.41. The number of benzene rings is 2.